The number of rotatable bonds is 5. The molecular weight excluding hydrogens is 382 g/mol. The number of aromatic nitrogens is 2. The van der Waals surface area contributed by atoms with Crippen LogP contribution in [0.25, 0.3) is 0 Å². The van der Waals surface area contributed by atoms with Crippen LogP contribution in [0.15, 0.2) is 43.0 Å². The van der Waals surface area contributed by atoms with Gasteiger partial charge >= 0.3 is 0 Å². The first kappa shape index (κ1) is 19.9. The zero-order chi connectivity index (χ0) is 18.3. The summed E-state index contributed by atoms with van der Waals surface area (Å²) >= 11 is 5.98. The lowest BCUT2D eigenvalue weighted by Crippen LogP contribution is -2.17. The molecule has 138 valence electrons. The van der Waals surface area contributed by atoms with Gasteiger partial charge in [0.2, 0.25) is 0 Å². The summed E-state index contributed by atoms with van der Waals surface area (Å²) in [6.45, 7) is 2.44. The van der Waals surface area contributed by atoms with E-state index in [0.29, 0.717) is 0 Å². The van der Waals surface area contributed by atoms with Gasteiger partial charge in [-0.15, -0.1) is 20.9 Å². The van der Waals surface area contributed by atoms with Crippen molar-refractivity contribution in [2.24, 2.45) is 0 Å². The second-order valence-electron chi connectivity index (χ2n) is 5.82. The Bertz CT molecular complexity index is 666. The summed E-state index contributed by atoms with van der Waals surface area (Å²) in [5, 5.41) is 15.3. The first-order chi connectivity index (χ1) is 11.9. The van der Waals surface area contributed by atoms with Crippen LogP contribution in [0.3, 0.4) is 0 Å². The van der Waals surface area contributed by atoms with Crippen molar-refractivity contribution in [3.8, 4) is 0 Å². The number of halogens is 1. The highest BCUT2D eigenvalue weighted by Crippen LogP contribution is 2.69. The maximum absolute atomic E-state index is 8.36. The number of nitrogens with zero attached hydrogens (tertiary/aromatic N) is 3. The Hall–Kier alpha value is -1.38. The zero-order valence-electron chi connectivity index (χ0n) is 14.0. The van der Waals surface area contributed by atoms with E-state index in [-0.39, 0.29) is 0 Å². The molecule has 1 aromatic carbocycles. The molecule has 0 spiro atoms. The first-order valence-corrected chi connectivity index (χ1v) is 11.8. The predicted octanol–water partition coefficient (Wildman–Crippen LogP) is 4.63. The number of imidazole rings is 1. The minimum absolute atomic E-state index is 0.665. The van der Waals surface area contributed by atoms with Crippen molar-refractivity contribution in [3.05, 3.63) is 63.7 Å². The Labute approximate surface area is 157 Å². The van der Waals surface area contributed by atoms with Crippen LogP contribution in [0.5, 0.6) is 0 Å². The van der Waals surface area contributed by atoms with Gasteiger partial charge in [-0.1, -0.05) is 30.7 Å². The summed E-state index contributed by atoms with van der Waals surface area (Å²) in [6.07, 6.45) is 8.45. The Kier molecular flexibility index (Phi) is 7.46. The third-order valence-electron chi connectivity index (χ3n) is 4.15. The molecule has 0 bridgehead atoms. The van der Waals surface area contributed by atoms with Crippen LogP contribution in [0, 0.1) is 10.1 Å². The van der Waals surface area contributed by atoms with Gasteiger partial charge in [-0.2, -0.15) is 9.06 Å². The van der Waals surface area contributed by atoms with E-state index < -0.39 is 14.1 Å². The summed E-state index contributed by atoms with van der Waals surface area (Å²) in [5.74, 6) is 3.75. The van der Waals surface area contributed by atoms with Crippen molar-refractivity contribution in [3.63, 3.8) is 0 Å². The van der Waals surface area contributed by atoms with E-state index in [9.17, 15) is 0 Å². The summed E-state index contributed by atoms with van der Waals surface area (Å²) in [6, 6.07) is 8.33. The van der Waals surface area contributed by atoms with E-state index in [1.165, 1.54) is 23.5 Å². The molecule has 9 heteroatoms. The number of hydrogen-bond donors (Lipinski definition) is 1. The Morgan fingerprint density at radius 3 is 2.68 bits per heavy atom. The lowest BCUT2D eigenvalue weighted by molar-refractivity contribution is -0.742. The Morgan fingerprint density at radius 1 is 1.48 bits per heavy atom. The summed E-state index contributed by atoms with van der Waals surface area (Å²) in [5.41, 5.74) is 1.40. The van der Waals surface area contributed by atoms with Crippen LogP contribution in [0.2, 0.25) is 5.02 Å². The van der Waals surface area contributed by atoms with E-state index in [0.717, 1.165) is 22.6 Å². The van der Waals surface area contributed by atoms with Crippen LogP contribution >= 0.6 is 31.5 Å². The third-order valence-corrected chi connectivity index (χ3v) is 12.3. The second kappa shape index (κ2) is 9.35. The van der Waals surface area contributed by atoms with Crippen LogP contribution in [-0.2, 0) is 12.3 Å². The van der Waals surface area contributed by atoms with E-state index in [4.69, 9.17) is 26.9 Å². The largest absolute Gasteiger partial charge is 0.328 e. The quantitative estimate of drug-likeness (QED) is 0.447. The third kappa shape index (κ3) is 6.13. The maximum Gasteiger partial charge on any atom is 0.291 e. The van der Waals surface area contributed by atoms with Gasteiger partial charge in [0, 0.05) is 23.2 Å². The topological polar surface area (TPSA) is 81.2 Å². The van der Waals surface area contributed by atoms with Crippen molar-refractivity contribution >= 4 is 31.5 Å². The first-order valence-electron chi connectivity index (χ1n) is 7.87. The van der Waals surface area contributed by atoms with Crippen LogP contribution in [-0.4, -0.2) is 36.6 Å². The van der Waals surface area contributed by atoms with Gasteiger partial charge in [0.05, 0.1) is 12.2 Å². The zero-order valence-corrected chi connectivity index (χ0v) is 16.3. The van der Waals surface area contributed by atoms with Crippen LogP contribution < -0.4 is 0 Å². The van der Waals surface area contributed by atoms with Crippen molar-refractivity contribution in [1.29, 1.82) is 0 Å². The minimum atomic E-state index is -1.50. The minimum Gasteiger partial charge on any atom is -0.328 e. The van der Waals surface area contributed by atoms with Gasteiger partial charge in [-0.25, -0.2) is 4.98 Å². The van der Waals surface area contributed by atoms with Gasteiger partial charge in [0.1, 0.15) is 0 Å². The molecule has 2 unspecified atom stereocenters. The molecule has 2 heterocycles. The maximum atomic E-state index is 8.36. The summed E-state index contributed by atoms with van der Waals surface area (Å²) in [4.78, 5) is 12.6. The van der Waals surface area contributed by atoms with E-state index in [2.05, 4.69) is 45.6 Å². The van der Waals surface area contributed by atoms with Crippen LogP contribution in [0.4, 0.5) is 0 Å². The van der Waals surface area contributed by atoms with Crippen molar-refractivity contribution < 1.29 is 10.3 Å². The molecule has 1 aliphatic heterocycles. The highest BCUT2D eigenvalue weighted by Gasteiger charge is 2.36. The highest BCUT2D eigenvalue weighted by atomic mass is 35.5. The number of benzene rings is 1. The smallest absolute Gasteiger partial charge is 0.291 e. The highest BCUT2D eigenvalue weighted by molar-refractivity contribution is 8.94. The molecule has 6 nitrogen and oxygen atoms in total. The Balaban J connectivity index is 0.000000511. The molecule has 25 heavy (non-hydrogen) atoms. The van der Waals surface area contributed by atoms with Crippen molar-refractivity contribution in [2.45, 2.75) is 30.9 Å². The molecule has 1 aromatic heterocycles. The van der Waals surface area contributed by atoms with Crippen molar-refractivity contribution in [2.75, 3.05) is 11.5 Å². The van der Waals surface area contributed by atoms with Crippen molar-refractivity contribution in [1.82, 2.24) is 9.55 Å². The van der Waals surface area contributed by atoms with Gasteiger partial charge in [0.15, 0.2) is 0 Å². The molecule has 1 aliphatic rings. The molecule has 1 fully saturated rings. The summed E-state index contributed by atoms with van der Waals surface area (Å²) < 4.78 is 2.27. The molecular formula is C16H22ClN3O3S2. The average Bonchev–Trinajstić information content (AvgIpc) is 3.18. The van der Waals surface area contributed by atoms with Gasteiger partial charge in [-0.3, -0.25) is 0 Å². The Morgan fingerprint density at radius 2 is 2.16 bits per heavy atom. The normalized spacial score (nSPS) is 24.8. The van der Waals surface area contributed by atoms with E-state index >= 15 is 0 Å². The predicted molar refractivity (Wildman–Crippen MR) is 105 cm³/mol. The number of hydrogen-bond acceptors (Lipinski definition) is 4. The van der Waals surface area contributed by atoms with Gasteiger partial charge < -0.3 is 9.77 Å². The lowest BCUT2D eigenvalue weighted by atomic mass is 10.2. The monoisotopic (exact) mass is 403 g/mol. The standard InChI is InChI=1S/C16H21ClN2S2.HNO3/c1-14-6-10-20-21(14,13-19-9-8-18-12-19)11-7-15-2-4-16(17)5-3-15;2-1(3)4/h2-5,8-9,12,14H,6-7,10-11,13H2,1H3;(H,2,3,4). The van der Waals surface area contributed by atoms with Crippen LogP contribution in [0.1, 0.15) is 18.9 Å². The fourth-order valence-electron chi connectivity index (χ4n) is 2.76. The average molecular weight is 404 g/mol. The molecule has 2 atom stereocenters. The lowest BCUT2D eigenvalue weighted by Gasteiger charge is -2.39. The summed E-state index contributed by atoms with van der Waals surface area (Å²) in [7, 11) is 1.56. The second-order valence-corrected chi connectivity index (χ2v) is 12.8. The van der Waals surface area contributed by atoms with E-state index in [1.807, 2.05) is 24.7 Å². The molecule has 3 rings (SSSR count). The fourth-order valence-corrected chi connectivity index (χ4v) is 10.3. The van der Waals surface area contributed by atoms with Gasteiger partial charge in [-0.05, 0) is 41.5 Å². The van der Waals surface area contributed by atoms with E-state index in [1.54, 1.807) is 0 Å². The molecule has 2 aromatic rings. The molecule has 1 N–H and O–H groups in total. The molecule has 0 amide bonds. The molecule has 0 radical (unpaired) electrons. The SMILES string of the molecule is CC1CCSS1(CCc1ccc(Cl)cc1)Cn1ccnc1.O=[N+]([O-])O. The molecule has 0 aliphatic carbocycles. The fraction of sp³-hybridized carbons (Fsp3) is 0.438. The number of aryl methyl sites for hydroxylation is 1. The molecule has 1 saturated heterocycles. The van der Waals surface area contributed by atoms with Gasteiger partial charge in [0.25, 0.3) is 5.09 Å². The molecule has 0 saturated carbocycles.